The summed E-state index contributed by atoms with van der Waals surface area (Å²) in [6.07, 6.45) is 0.851. The van der Waals surface area contributed by atoms with Gasteiger partial charge in [-0.25, -0.2) is 4.98 Å². The van der Waals surface area contributed by atoms with Gasteiger partial charge in [0.15, 0.2) is 0 Å². The number of rotatable bonds is 5. The van der Waals surface area contributed by atoms with Crippen LogP contribution in [0.4, 0.5) is 0 Å². The third-order valence-electron chi connectivity index (χ3n) is 3.08. The highest BCUT2D eigenvalue weighted by Gasteiger charge is 2.28. The smallest absolute Gasteiger partial charge is 0.238 e. The standard InChI is InChI=1S/C12H17ClN2O3S/c1-8-12(17-2)14-10(19-8)6-15(11(16)5-13)9-3-4-18-7-9/h9H,3-7H2,1-2H3/t9-/m1/s1. The van der Waals surface area contributed by atoms with Crippen molar-refractivity contribution in [2.75, 3.05) is 26.2 Å². The van der Waals surface area contributed by atoms with Gasteiger partial charge in [-0.15, -0.1) is 22.9 Å². The van der Waals surface area contributed by atoms with Crippen LogP contribution in [0.15, 0.2) is 0 Å². The summed E-state index contributed by atoms with van der Waals surface area (Å²) in [4.78, 5) is 19.1. The summed E-state index contributed by atoms with van der Waals surface area (Å²) in [7, 11) is 1.60. The molecule has 2 heterocycles. The first-order valence-electron chi connectivity index (χ1n) is 6.09. The molecular formula is C12H17ClN2O3S. The number of ether oxygens (including phenoxy) is 2. The molecule has 1 aromatic heterocycles. The Morgan fingerprint density at radius 1 is 1.68 bits per heavy atom. The zero-order valence-electron chi connectivity index (χ0n) is 11.0. The van der Waals surface area contributed by atoms with Crippen molar-refractivity contribution in [1.29, 1.82) is 0 Å². The molecule has 0 radical (unpaired) electrons. The number of aromatic nitrogens is 1. The van der Waals surface area contributed by atoms with Crippen molar-refractivity contribution < 1.29 is 14.3 Å². The molecular weight excluding hydrogens is 288 g/mol. The highest BCUT2D eigenvalue weighted by Crippen LogP contribution is 2.26. The van der Waals surface area contributed by atoms with Crippen molar-refractivity contribution in [3.63, 3.8) is 0 Å². The molecule has 19 heavy (non-hydrogen) atoms. The van der Waals surface area contributed by atoms with Crippen LogP contribution in [0.1, 0.15) is 16.3 Å². The zero-order chi connectivity index (χ0) is 13.8. The van der Waals surface area contributed by atoms with Crippen LogP contribution in [0.5, 0.6) is 5.88 Å². The molecule has 0 spiro atoms. The molecule has 1 aliphatic heterocycles. The van der Waals surface area contributed by atoms with Crippen molar-refractivity contribution >= 4 is 28.8 Å². The lowest BCUT2D eigenvalue weighted by atomic mass is 10.2. The van der Waals surface area contributed by atoms with Gasteiger partial charge < -0.3 is 14.4 Å². The number of thiazole rings is 1. The van der Waals surface area contributed by atoms with E-state index >= 15 is 0 Å². The van der Waals surface area contributed by atoms with E-state index in [0.717, 1.165) is 16.3 Å². The average molecular weight is 305 g/mol. The van der Waals surface area contributed by atoms with E-state index in [4.69, 9.17) is 21.1 Å². The Morgan fingerprint density at radius 3 is 3.00 bits per heavy atom. The Bertz CT molecular complexity index is 446. The molecule has 106 valence electrons. The summed E-state index contributed by atoms with van der Waals surface area (Å²) in [5, 5.41) is 0.861. The van der Waals surface area contributed by atoms with Crippen molar-refractivity contribution in [3.05, 3.63) is 9.88 Å². The lowest BCUT2D eigenvalue weighted by Crippen LogP contribution is -2.40. The molecule has 1 aromatic rings. The van der Waals surface area contributed by atoms with Gasteiger partial charge in [-0.1, -0.05) is 0 Å². The van der Waals surface area contributed by atoms with E-state index in [9.17, 15) is 4.79 Å². The predicted molar refractivity (Wildman–Crippen MR) is 73.9 cm³/mol. The molecule has 0 unspecified atom stereocenters. The largest absolute Gasteiger partial charge is 0.480 e. The van der Waals surface area contributed by atoms with Gasteiger partial charge in [-0.2, -0.15) is 0 Å². The summed E-state index contributed by atoms with van der Waals surface area (Å²) >= 11 is 7.22. The van der Waals surface area contributed by atoms with Crippen molar-refractivity contribution in [2.24, 2.45) is 0 Å². The van der Waals surface area contributed by atoms with Crippen LogP contribution in [-0.4, -0.2) is 48.0 Å². The number of nitrogens with zero attached hydrogens (tertiary/aromatic N) is 2. The van der Waals surface area contributed by atoms with Crippen molar-refractivity contribution in [2.45, 2.75) is 25.9 Å². The first-order chi connectivity index (χ1) is 9.15. The Balaban J connectivity index is 2.12. The zero-order valence-corrected chi connectivity index (χ0v) is 12.6. The summed E-state index contributed by atoms with van der Waals surface area (Å²) in [6, 6.07) is 0.0986. The second-order valence-corrected chi connectivity index (χ2v) is 5.90. The van der Waals surface area contributed by atoms with E-state index in [2.05, 4.69) is 4.98 Å². The number of halogens is 1. The molecule has 1 saturated heterocycles. The molecule has 0 bridgehead atoms. The fourth-order valence-electron chi connectivity index (χ4n) is 2.10. The average Bonchev–Trinajstić information content (AvgIpc) is 3.04. The Labute approximate surface area is 121 Å². The minimum absolute atomic E-state index is 0.0159. The lowest BCUT2D eigenvalue weighted by Gasteiger charge is -2.26. The molecule has 0 N–H and O–H groups in total. The van der Waals surface area contributed by atoms with E-state index in [1.54, 1.807) is 23.3 Å². The topological polar surface area (TPSA) is 51.7 Å². The summed E-state index contributed by atoms with van der Waals surface area (Å²) < 4.78 is 10.5. The molecule has 0 aromatic carbocycles. The summed E-state index contributed by atoms with van der Waals surface area (Å²) in [6.45, 7) is 3.68. The second kappa shape index (κ2) is 6.54. The fourth-order valence-corrected chi connectivity index (χ4v) is 3.16. The van der Waals surface area contributed by atoms with Crippen molar-refractivity contribution in [1.82, 2.24) is 9.88 Å². The van der Waals surface area contributed by atoms with Crippen LogP contribution in [0.2, 0.25) is 0 Å². The maximum atomic E-state index is 11.9. The van der Waals surface area contributed by atoms with Crippen LogP contribution in [0.3, 0.4) is 0 Å². The van der Waals surface area contributed by atoms with Crippen LogP contribution in [0.25, 0.3) is 0 Å². The molecule has 0 saturated carbocycles. The van der Waals surface area contributed by atoms with E-state index in [-0.39, 0.29) is 17.8 Å². The fraction of sp³-hybridized carbons (Fsp3) is 0.667. The first kappa shape index (κ1) is 14.6. The highest BCUT2D eigenvalue weighted by molar-refractivity contribution is 7.11. The molecule has 1 fully saturated rings. The van der Waals surface area contributed by atoms with E-state index in [0.29, 0.717) is 25.6 Å². The molecule has 0 aliphatic carbocycles. The maximum Gasteiger partial charge on any atom is 0.238 e. The van der Waals surface area contributed by atoms with Crippen LogP contribution < -0.4 is 4.74 Å². The molecule has 7 heteroatoms. The number of hydrogen-bond donors (Lipinski definition) is 0. The Kier molecular flexibility index (Phi) is 5.01. The van der Waals surface area contributed by atoms with Crippen molar-refractivity contribution in [3.8, 4) is 5.88 Å². The molecule has 1 aliphatic rings. The summed E-state index contributed by atoms with van der Waals surface area (Å²) in [5.41, 5.74) is 0. The Morgan fingerprint density at radius 2 is 2.47 bits per heavy atom. The quantitative estimate of drug-likeness (QED) is 0.779. The van der Waals surface area contributed by atoms with Gasteiger partial charge in [0.05, 0.1) is 31.2 Å². The number of methoxy groups -OCH3 is 1. The SMILES string of the molecule is COc1nc(CN(C(=O)CCl)[C@@H]2CCOC2)sc1C. The van der Waals surface area contributed by atoms with Crippen LogP contribution in [0, 0.1) is 6.92 Å². The monoisotopic (exact) mass is 304 g/mol. The molecule has 1 amide bonds. The number of amides is 1. The number of carbonyl (C=O) groups is 1. The summed E-state index contributed by atoms with van der Waals surface area (Å²) in [5.74, 6) is 0.530. The normalized spacial score (nSPS) is 18.6. The predicted octanol–water partition coefficient (Wildman–Crippen LogP) is 1.82. The Hall–Kier alpha value is -0.850. The maximum absolute atomic E-state index is 11.9. The van der Waals surface area contributed by atoms with Gasteiger partial charge in [0.25, 0.3) is 0 Å². The number of aryl methyl sites for hydroxylation is 1. The number of hydrogen-bond acceptors (Lipinski definition) is 5. The molecule has 1 atom stereocenters. The van der Waals surface area contributed by atoms with Gasteiger partial charge in [-0.3, -0.25) is 4.79 Å². The minimum atomic E-state index is -0.0796. The van der Waals surface area contributed by atoms with Gasteiger partial charge in [0.2, 0.25) is 11.8 Å². The van der Waals surface area contributed by atoms with E-state index in [1.807, 2.05) is 6.92 Å². The van der Waals surface area contributed by atoms with Crippen LogP contribution in [-0.2, 0) is 16.1 Å². The van der Waals surface area contributed by atoms with Crippen LogP contribution >= 0.6 is 22.9 Å². The van der Waals surface area contributed by atoms with Gasteiger partial charge in [0, 0.05) is 6.61 Å². The van der Waals surface area contributed by atoms with Gasteiger partial charge in [-0.05, 0) is 13.3 Å². The van der Waals surface area contributed by atoms with E-state index in [1.165, 1.54) is 0 Å². The lowest BCUT2D eigenvalue weighted by molar-refractivity contribution is -0.131. The molecule has 2 rings (SSSR count). The van der Waals surface area contributed by atoms with Gasteiger partial charge in [0.1, 0.15) is 10.9 Å². The molecule has 5 nitrogen and oxygen atoms in total. The number of alkyl halides is 1. The second-order valence-electron chi connectivity index (χ2n) is 4.35. The first-order valence-corrected chi connectivity index (χ1v) is 7.44. The van der Waals surface area contributed by atoms with E-state index < -0.39 is 0 Å². The van der Waals surface area contributed by atoms with Gasteiger partial charge >= 0.3 is 0 Å². The third-order valence-corrected chi connectivity index (χ3v) is 4.24. The number of carbonyl (C=O) groups excluding carboxylic acids is 1. The minimum Gasteiger partial charge on any atom is -0.480 e. The highest BCUT2D eigenvalue weighted by atomic mass is 35.5. The third kappa shape index (κ3) is 3.38.